The number of carbonyl (C=O) groups is 1. The van der Waals surface area contributed by atoms with Crippen molar-refractivity contribution in [3.63, 3.8) is 0 Å². The maximum absolute atomic E-state index is 14.1. The molecular weight excluding hydrogens is 459 g/mol. The monoisotopic (exact) mass is 484 g/mol. The zero-order chi connectivity index (χ0) is 24.3. The Balaban J connectivity index is 1.71. The Bertz CT molecular complexity index is 1330. The second-order valence-electron chi connectivity index (χ2n) is 7.91. The number of methoxy groups -OCH3 is 2. The SMILES string of the molecule is COc1cc(S(=O)(=O)Nc2ccccc2F)cc(C(=O)N[C@@H]2CCCc3ccccc32)c1OC. The van der Waals surface area contributed by atoms with Gasteiger partial charge in [0.25, 0.3) is 15.9 Å². The normalized spacial score (nSPS) is 15.2. The summed E-state index contributed by atoms with van der Waals surface area (Å²) in [6.45, 7) is 0. The molecule has 9 heteroatoms. The van der Waals surface area contributed by atoms with Crippen LogP contribution < -0.4 is 19.5 Å². The molecule has 4 rings (SSSR count). The van der Waals surface area contributed by atoms with E-state index in [1.807, 2.05) is 24.3 Å². The molecule has 1 aliphatic rings. The molecule has 0 aromatic heterocycles. The van der Waals surface area contributed by atoms with Crippen LogP contribution in [0.2, 0.25) is 0 Å². The first-order valence-electron chi connectivity index (χ1n) is 10.8. The van der Waals surface area contributed by atoms with Gasteiger partial charge in [0, 0.05) is 6.07 Å². The number of halogens is 1. The van der Waals surface area contributed by atoms with Crippen LogP contribution in [0.5, 0.6) is 11.5 Å². The highest BCUT2D eigenvalue weighted by atomic mass is 32.2. The Morgan fingerprint density at radius 3 is 2.50 bits per heavy atom. The van der Waals surface area contributed by atoms with E-state index in [1.54, 1.807) is 0 Å². The summed E-state index contributed by atoms with van der Waals surface area (Å²) in [7, 11) is -1.52. The van der Waals surface area contributed by atoms with Crippen LogP contribution >= 0.6 is 0 Å². The average molecular weight is 485 g/mol. The highest BCUT2D eigenvalue weighted by molar-refractivity contribution is 7.92. The fourth-order valence-electron chi connectivity index (χ4n) is 4.15. The van der Waals surface area contributed by atoms with Gasteiger partial charge in [0.05, 0.1) is 36.4 Å². The highest BCUT2D eigenvalue weighted by Gasteiger charge is 2.27. The number of carbonyl (C=O) groups excluding carboxylic acids is 1. The summed E-state index contributed by atoms with van der Waals surface area (Å²) in [5.41, 5.74) is 2.01. The molecule has 3 aromatic rings. The van der Waals surface area contributed by atoms with Crippen LogP contribution in [0.3, 0.4) is 0 Å². The molecule has 0 unspecified atom stereocenters. The second-order valence-corrected chi connectivity index (χ2v) is 9.59. The molecule has 34 heavy (non-hydrogen) atoms. The number of hydrogen-bond acceptors (Lipinski definition) is 5. The lowest BCUT2D eigenvalue weighted by Gasteiger charge is -2.27. The molecule has 1 atom stereocenters. The summed E-state index contributed by atoms with van der Waals surface area (Å²) in [4.78, 5) is 13.1. The Hall–Kier alpha value is -3.59. The Morgan fingerprint density at radius 2 is 1.76 bits per heavy atom. The van der Waals surface area contributed by atoms with Gasteiger partial charge in [-0.3, -0.25) is 9.52 Å². The van der Waals surface area contributed by atoms with Gasteiger partial charge in [-0.05, 0) is 48.6 Å². The molecule has 1 aliphatic carbocycles. The van der Waals surface area contributed by atoms with Gasteiger partial charge in [0.2, 0.25) is 0 Å². The van der Waals surface area contributed by atoms with Crippen LogP contribution in [0, 0.1) is 5.82 Å². The van der Waals surface area contributed by atoms with Gasteiger partial charge >= 0.3 is 0 Å². The third-order valence-electron chi connectivity index (χ3n) is 5.80. The zero-order valence-corrected chi connectivity index (χ0v) is 19.6. The third-order valence-corrected chi connectivity index (χ3v) is 7.15. The van der Waals surface area contributed by atoms with Crippen LogP contribution in [0.25, 0.3) is 0 Å². The maximum atomic E-state index is 14.1. The Kier molecular flexibility index (Phi) is 6.74. The zero-order valence-electron chi connectivity index (χ0n) is 18.8. The van der Waals surface area contributed by atoms with E-state index in [0.717, 1.165) is 30.9 Å². The number of para-hydroxylation sites is 1. The van der Waals surface area contributed by atoms with E-state index in [2.05, 4.69) is 10.0 Å². The minimum atomic E-state index is -4.24. The number of fused-ring (bicyclic) bond motifs is 1. The Labute approximate surface area is 198 Å². The number of benzene rings is 3. The average Bonchev–Trinajstić information content (AvgIpc) is 2.84. The molecule has 0 bridgehead atoms. The van der Waals surface area contributed by atoms with E-state index in [9.17, 15) is 17.6 Å². The fraction of sp³-hybridized carbons (Fsp3) is 0.240. The topological polar surface area (TPSA) is 93.7 Å². The quantitative estimate of drug-likeness (QED) is 0.517. The lowest BCUT2D eigenvalue weighted by molar-refractivity contribution is 0.0928. The van der Waals surface area contributed by atoms with Crippen LogP contribution in [-0.4, -0.2) is 28.5 Å². The predicted molar refractivity (Wildman–Crippen MR) is 126 cm³/mol. The third kappa shape index (κ3) is 4.70. The minimum Gasteiger partial charge on any atom is -0.493 e. The number of sulfonamides is 1. The summed E-state index contributed by atoms with van der Waals surface area (Å²) in [5, 5.41) is 3.01. The molecule has 0 aliphatic heterocycles. The summed E-state index contributed by atoms with van der Waals surface area (Å²) in [6.07, 6.45) is 2.62. The van der Waals surface area contributed by atoms with Crippen LogP contribution in [0.4, 0.5) is 10.1 Å². The molecule has 0 saturated heterocycles. The van der Waals surface area contributed by atoms with Gasteiger partial charge in [-0.25, -0.2) is 12.8 Å². The van der Waals surface area contributed by atoms with E-state index in [4.69, 9.17) is 9.47 Å². The number of hydrogen-bond donors (Lipinski definition) is 2. The first kappa shape index (κ1) is 23.6. The molecule has 0 heterocycles. The van der Waals surface area contributed by atoms with Crippen molar-refractivity contribution in [1.82, 2.24) is 5.32 Å². The number of rotatable bonds is 7. The molecular formula is C25H25FN2O5S. The molecule has 0 radical (unpaired) electrons. The molecule has 1 amide bonds. The lowest BCUT2D eigenvalue weighted by atomic mass is 9.87. The van der Waals surface area contributed by atoms with E-state index < -0.39 is 21.7 Å². The van der Waals surface area contributed by atoms with E-state index in [0.29, 0.717) is 0 Å². The molecule has 3 aromatic carbocycles. The van der Waals surface area contributed by atoms with Crippen molar-refractivity contribution in [1.29, 1.82) is 0 Å². The number of nitrogens with one attached hydrogen (secondary N) is 2. The molecule has 0 saturated carbocycles. The van der Waals surface area contributed by atoms with Crippen molar-refractivity contribution in [2.24, 2.45) is 0 Å². The molecule has 2 N–H and O–H groups in total. The molecule has 0 fully saturated rings. The van der Waals surface area contributed by atoms with Crippen molar-refractivity contribution in [2.45, 2.75) is 30.2 Å². The van der Waals surface area contributed by atoms with Gasteiger partial charge in [-0.1, -0.05) is 36.4 Å². The first-order valence-corrected chi connectivity index (χ1v) is 12.2. The van der Waals surface area contributed by atoms with Gasteiger partial charge in [0.15, 0.2) is 11.5 Å². The largest absolute Gasteiger partial charge is 0.493 e. The summed E-state index contributed by atoms with van der Waals surface area (Å²) in [6, 6.07) is 15.5. The summed E-state index contributed by atoms with van der Waals surface area (Å²) >= 11 is 0. The molecule has 178 valence electrons. The van der Waals surface area contributed by atoms with Gasteiger partial charge < -0.3 is 14.8 Å². The van der Waals surface area contributed by atoms with Crippen LogP contribution in [0.15, 0.2) is 65.6 Å². The number of ether oxygens (including phenoxy) is 2. The van der Waals surface area contributed by atoms with Crippen LogP contribution in [-0.2, 0) is 16.4 Å². The smallest absolute Gasteiger partial charge is 0.262 e. The molecule has 0 spiro atoms. The standard InChI is InChI=1S/C25H25FN2O5S/c1-32-23-15-17(34(30,31)28-22-12-6-5-11-20(22)26)14-19(24(23)33-2)25(29)27-21-13-7-9-16-8-3-4-10-18(16)21/h3-6,8,10-12,14-15,21,28H,7,9,13H2,1-2H3,(H,27,29)/t21-/m1/s1. The van der Waals surface area contributed by atoms with Gasteiger partial charge in [-0.2, -0.15) is 0 Å². The van der Waals surface area contributed by atoms with Gasteiger partial charge in [0.1, 0.15) is 5.82 Å². The number of anilines is 1. The van der Waals surface area contributed by atoms with E-state index in [1.165, 1.54) is 50.1 Å². The summed E-state index contributed by atoms with van der Waals surface area (Å²) < 4.78 is 53.1. The van der Waals surface area contributed by atoms with Crippen LogP contribution in [0.1, 0.15) is 40.4 Å². The van der Waals surface area contributed by atoms with Gasteiger partial charge in [-0.15, -0.1) is 0 Å². The Morgan fingerprint density at radius 1 is 1.03 bits per heavy atom. The predicted octanol–water partition coefficient (Wildman–Crippen LogP) is 4.45. The molecule has 7 nitrogen and oxygen atoms in total. The van der Waals surface area contributed by atoms with Crippen molar-refractivity contribution < 1.29 is 27.1 Å². The summed E-state index contributed by atoms with van der Waals surface area (Å²) in [5.74, 6) is -1.05. The van der Waals surface area contributed by atoms with E-state index >= 15 is 0 Å². The maximum Gasteiger partial charge on any atom is 0.262 e. The highest BCUT2D eigenvalue weighted by Crippen LogP contribution is 2.36. The van der Waals surface area contributed by atoms with E-state index in [-0.39, 0.29) is 33.7 Å². The minimum absolute atomic E-state index is 0.00110. The van der Waals surface area contributed by atoms with Crippen molar-refractivity contribution in [2.75, 3.05) is 18.9 Å². The van der Waals surface area contributed by atoms with Crippen molar-refractivity contribution in [3.8, 4) is 11.5 Å². The van der Waals surface area contributed by atoms with Crippen molar-refractivity contribution in [3.05, 3.63) is 83.2 Å². The number of aryl methyl sites for hydroxylation is 1. The lowest BCUT2D eigenvalue weighted by Crippen LogP contribution is -2.31. The first-order chi connectivity index (χ1) is 16.3. The number of amides is 1. The second kappa shape index (κ2) is 9.72. The fourth-order valence-corrected chi connectivity index (χ4v) is 5.26. The van der Waals surface area contributed by atoms with Crippen molar-refractivity contribution >= 4 is 21.6 Å².